The summed E-state index contributed by atoms with van der Waals surface area (Å²) in [5, 5.41) is 13.6. The number of aliphatic carboxylic acids is 1. The molecular weight excluding hydrogens is 560 g/mol. The summed E-state index contributed by atoms with van der Waals surface area (Å²) in [6.07, 6.45) is 6.83. The summed E-state index contributed by atoms with van der Waals surface area (Å²) in [5.74, 6) is -1.69. The third-order valence-corrected chi connectivity index (χ3v) is 9.34. The van der Waals surface area contributed by atoms with E-state index in [1.165, 1.54) is 0 Å². The molecule has 2 aliphatic carbocycles. The van der Waals surface area contributed by atoms with Crippen molar-refractivity contribution in [2.24, 2.45) is 17.8 Å². The van der Waals surface area contributed by atoms with E-state index in [1.54, 1.807) is 19.1 Å². The van der Waals surface area contributed by atoms with E-state index in [1.807, 2.05) is 61.5 Å². The maximum Gasteiger partial charge on any atom is 0.330 e. The van der Waals surface area contributed by atoms with Gasteiger partial charge in [-0.2, -0.15) is 4.98 Å². The molecule has 5 atom stereocenters. The number of fused-ring (bicyclic) bond motifs is 3. The molecule has 10 heteroatoms. The van der Waals surface area contributed by atoms with E-state index >= 15 is 0 Å². The normalized spacial score (nSPS) is 27.9. The monoisotopic (exact) mass is 598 g/mol. The number of nitrogens with one attached hydrogen (secondary N) is 1. The molecule has 2 aromatic carbocycles. The van der Waals surface area contributed by atoms with Crippen LogP contribution in [-0.4, -0.2) is 70.1 Å². The number of carboxylic acid groups (broad SMARTS) is 1. The van der Waals surface area contributed by atoms with Crippen LogP contribution in [0.15, 0.2) is 54.6 Å². The van der Waals surface area contributed by atoms with Crippen LogP contribution in [0.25, 0.3) is 22.3 Å². The molecular formula is C34H38N4O6. The van der Waals surface area contributed by atoms with Gasteiger partial charge in [0.1, 0.15) is 17.4 Å². The molecule has 0 unspecified atom stereocenters. The molecule has 0 bridgehead atoms. The Morgan fingerprint density at radius 3 is 2.59 bits per heavy atom. The molecule has 3 aromatic rings. The van der Waals surface area contributed by atoms with Gasteiger partial charge in [0, 0.05) is 30.6 Å². The highest BCUT2D eigenvalue weighted by atomic mass is 16.5. The lowest BCUT2D eigenvalue weighted by atomic mass is 9.93. The third-order valence-electron chi connectivity index (χ3n) is 9.34. The van der Waals surface area contributed by atoms with Crippen LogP contribution >= 0.6 is 0 Å². The number of hydrogen-bond donors (Lipinski definition) is 2. The number of allylic oxidation sites excluding steroid dienone is 1. The van der Waals surface area contributed by atoms with Gasteiger partial charge < -0.3 is 24.8 Å². The smallest absolute Gasteiger partial charge is 0.330 e. The predicted molar refractivity (Wildman–Crippen MR) is 164 cm³/mol. The SMILES string of the molecule is COc1ccc2c(O[C@@H]3C[C@H]4C(=O)N[C@]5(C(=O)O)C[C@H]5/C=C\CCCCN(C)C(=O)[C@@H]4C3)nc(-c3ccccc3)nc2c1C. The van der Waals surface area contributed by atoms with Crippen molar-refractivity contribution in [1.29, 1.82) is 0 Å². The Morgan fingerprint density at radius 1 is 1.07 bits per heavy atom. The topological polar surface area (TPSA) is 131 Å². The lowest BCUT2D eigenvalue weighted by Gasteiger charge is -2.26. The summed E-state index contributed by atoms with van der Waals surface area (Å²) >= 11 is 0. The van der Waals surface area contributed by atoms with E-state index in [-0.39, 0.29) is 18.2 Å². The first-order valence-corrected chi connectivity index (χ1v) is 15.3. The van der Waals surface area contributed by atoms with Crippen molar-refractivity contribution in [3.8, 4) is 23.0 Å². The van der Waals surface area contributed by atoms with Crippen molar-refractivity contribution >= 4 is 28.7 Å². The second-order valence-corrected chi connectivity index (χ2v) is 12.2. The Bertz CT molecular complexity index is 1620. The number of aromatic nitrogens is 2. The van der Waals surface area contributed by atoms with Gasteiger partial charge in [-0.1, -0.05) is 42.5 Å². The number of amides is 2. The Balaban J connectivity index is 1.34. The number of ether oxygens (including phenoxy) is 2. The molecule has 230 valence electrons. The van der Waals surface area contributed by atoms with Crippen molar-refractivity contribution in [3.63, 3.8) is 0 Å². The number of hydrogen-bond acceptors (Lipinski definition) is 7. The standard InChI is InChI=1S/C34H38N4O6/c1-20-27(43-3)15-14-24-28(20)35-29(21-11-7-6-8-12-21)36-31(24)44-23-17-25-26(18-23)32(40)38(2)16-10-5-4-9-13-22-19-34(22,33(41)42)37-30(25)39/h6-9,11-15,22-23,25-26H,4-5,10,16-19H2,1-3H3,(H,37,39)(H,41,42)/b13-9-/t22-,23-,25-,26-,34-/m1/s1. The number of carbonyl (C=O) groups is 3. The number of benzene rings is 2. The summed E-state index contributed by atoms with van der Waals surface area (Å²) in [6.45, 7) is 2.52. The average Bonchev–Trinajstić information content (AvgIpc) is 3.56. The lowest BCUT2D eigenvalue weighted by Crippen LogP contribution is -2.49. The van der Waals surface area contributed by atoms with Gasteiger partial charge in [0.25, 0.3) is 0 Å². The molecule has 2 amide bonds. The zero-order valence-electron chi connectivity index (χ0n) is 25.3. The fourth-order valence-corrected chi connectivity index (χ4v) is 6.66. The Kier molecular flexibility index (Phi) is 8.00. The molecule has 2 heterocycles. The van der Waals surface area contributed by atoms with Crippen LogP contribution in [0.1, 0.15) is 44.1 Å². The fraction of sp³-hybridized carbons (Fsp3) is 0.441. The molecule has 0 radical (unpaired) electrons. The largest absolute Gasteiger partial charge is 0.496 e. The minimum atomic E-state index is -1.33. The van der Waals surface area contributed by atoms with E-state index in [4.69, 9.17) is 19.4 Å². The highest BCUT2D eigenvalue weighted by Crippen LogP contribution is 2.46. The van der Waals surface area contributed by atoms with Crippen molar-refractivity contribution in [2.45, 2.75) is 57.1 Å². The van der Waals surface area contributed by atoms with Crippen molar-refractivity contribution in [3.05, 3.63) is 60.2 Å². The molecule has 1 aliphatic heterocycles. The first kappa shape index (κ1) is 29.6. The number of carbonyl (C=O) groups excluding carboxylic acids is 2. The van der Waals surface area contributed by atoms with E-state index in [0.29, 0.717) is 47.7 Å². The molecule has 44 heavy (non-hydrogen) atoms. The van der Waals surface area contributed by atoms with Crippen molar-refractivity contribution < 1.29 is 29.0 Å². The second kappa shape index (κ2) is 11.9. The number of methoxy groups -OCH3 is 1. The van der Waals surface area contributed by atoms with Crippen LogP contribution in [0.5, 0.6) is 11.6 Å². The van der Waals surface area contributed by atoms with Gasteiger partial charge in [0.05, 0.1) is 29.8 Å². The van der Waals surface area contributed by atoms with Crippen LogP contribution in [-0.2, 0) is 14.4 Å². The minimum absolute atomic E-state index is 0.126. The van der Waals surface area contributed by atoms with Gasteiger partial charge in [-0.15, -0.1) is 0 Å². The van der Waals surface area contributed by atoms with Crippen LogP contribution in [0.4, 0.5) is 0 Å². The number of carboxylic acids is 1. The molecule has 10 nitrogen and oxygen atoms in total. The van der Waals surface area contributed by atoms with Gasteiger partial charge in [0.2, 0.25) is 17.7 Å². The Morgan fingerprint density at radius 2 is 1.84 bits per heavy atom. The molecule has 1 aromatic heterocycles. The number of rotatable bonds is 5. The fourth-order valence-electron chi connectivity index (χ4n) is 6.66. The van der Waals surface area contributed by atoms with Crippen molar-refractivity contribution in [2.75, 3.05) is 20.7 Å². The summed E-state index contributed by atoms with van der Waals surface area (Å²) in [5.41, 5.74) is 1.02. The summed E-state index contributed by atoms with van der Waals surface area (Å²) in [7, 11) is 3.38. The molecule has 0 saturated heterocycles. The van der Waals surface area contributed by atoms with Crippen LogP contribution in [0.2, 0.25) is 0 Å². The first-order valence-electron chi connectivity index (χ1n) is 15.3. The van der Waals surface area contributed by atoms with Crippen LogP contribution in [0, 0.1) is 24.7 Å². The van der Waals surface area contributed by atoms with Gasteiger partial charge in [0.15, 0.2) is 5.82 Å². The average molecular weight is 599 g/mol. The minimum Gasteiger partial charge on any atom is -0.496 e. The first-order chi connectivity index (χ1) is 21.2. The van der Waals surface area contributed by atoms with E-state index < -0.39 is 35.4 Å². The molecule has 6 rings (SSSR count). The van der Waals surface area contributed by atoms with Gasteiger partial charge in [-0.05, 0) is 57.6 Å². The lowest BCUT2D eigenvalue weighted by molar-refractivity contribution is -0.145. The summed E-state index contributed by atoms with van der Waals surface area (Å²) < 4.78 is 12.1. The molecule has 2 saturated carbocycles. The van der Waals surface area contributed by atoms with Crippen molar-refractivity contribution in [1.82, 2.24) is 20.2 Å². The quantitative estimate of drug-likeness (QED) is 0.409. The van der Waals surface area contributed by atoms with E-state index in [9.17, 15) is 19.5 Å². The zero-order valence-corrected chi connectivity index (χ0v) is 25.3. The highest BCUT2D eigenvalue weighted by Gasteiger charge is 2.61. The van der Waals surface area contributed by atoms with E-state index in [0.717, 1.165) is 30.4 Å². The van der Waals surface area contributed by atoms with Gasteiger partial charge in [-0.3, -0.25) is 9.59 Å². The maximum absolute atomic E-state index is 13.8. The number of nitrogens with zero attached hydrogens (tertiary/aromatic N) is 3. The molecule has 2 fully saturated rings. The zero-order chi connectivity index (χ0) is 31.0. The summed E-state index contributed by atoms with van der Waals surface area (Å²) in [4.78, 5) is 51.1. The third kappa shape index (κ3) is 5.49. The van der Waals surface area contributed by atoms with E-state index in [2.05, 4.69) is 5.32 Å². The molecule has 0 spiro atoms. The summed E-state index contributed by atoms with van der Waals surface area (Å²) in [6, 6.07) is 13.3. The second-order valence-electron chi connectivity index (χ2n) is 12.2. The maximum atomic E-state index is 13.8. The molecule has 2 N–H and O–H groups in total. The van der Waals surface area contributed by atoms with Crippen LogP contribution < -0.4 is 14.8 Å². The predicted octanol–water partition coefficient (Wildman–Crippen LogP) is 4.55. The highest BCUT2D eigenvalue weighted by molar-refractivity contribution is 5.94. The van der Waals surface area contributed by atoms with Gasteiger partial charge in [-0.25, -0.2) is 9.78 Å². The number of aryl methyl sites for hydroxylation is 1. The Hall–Kier alpha value is -4.47. The van der Waals surface area contributed by atoms with Gasteiger partial charge >= 0.3 is 5.97 Å². The molecule has 3 aliphatic rings. The van der Waals surface area contributed by atoms with Crippen LogP contribution in [0.3, 0.4) is 0 Å². The Labute approximate surface area is 256 Å².